The molecule has 0 aromatic carbocycles. The Morgan fingerprint density at radius 1 is 1.31 bits per heavy atom. The number of nitrogens with zero attached hydrogens (tertiary/aromatic N) is 1. The molecule has 0 radical (unpaired) electrons. The second kappa shape index (κ2) is 8.36. The minimum absolute atomic E-state index is 0.167. The van der Waals surface area contributed by atoms with Gasteiger partial charge in [-0.05, 0) is 63.4 Å². The van der Waals surface area contributed by atoms with E-state index in [1.807, 2.05) is 26.0 Å². The summed E-state index contributed by atoms with van der Waals surface area (Å²) >= 11 is 0. The van der Waals surface area contributed by atoms with E-state index in [4.69, 9.17) is 4.42 Å². The van der Waals surface area contributed by atoms with E-state index in [0.717, 1.165) is 49.7 Å². The predicted octanol–water partition coefficient (Wildman–Crippen LogP) is 2.48. The van der Waals surface area contributed by atoms with Crippen molar-refractivity contribution >= 4 is 5.91 Å². The zero-order valence-electron chi connectivity index (χ0n) is 15.5. The van der Waals surface area contributed by atoms with Crippen molar-refractivity contribution in [1.29, 1.82) is 0 Å². The van der Waals surface area contributed by atoms with Gasteiger partial charge in [0.2, 0.25) is 5.56 Å². The van der Waals surface area contributed by atoms with Crippen molar-refractivity contribution in [2.45, 2.75) is 39.7 Å². The fourth-order valence-corrected chi connectivity index (χ4v) is 3.40. The molecular weight excluding hydrogens is 330 g/mol. The Labute approximate surface area is 153 Å². The van der Waals surface area contributed by atoms with Crippen molar-refractivity contribution in [1.82, 2.24) is 15.2 Å². The number of hydrogen-bond donors (Lipinski definition) is 2. The normalized spacial score (nSPS) is 15.9. The Kier molecular flexibility index (Phi) is 5.93. The van der Waals surface area contributed by atoms with Gasteiger partial charge in [-0.15, -0.1) is 0 Å². The number of furan rings is 1. The van der Waals surface area contributed by atoms with Crippen LogP contribution in [-0.2, 0) is 13.0 Å². The minimum atomic E-state index is -0.226. The van der Waals surface area contributed by atoms with E-state index >= 15 is 0 Å². The average Bonchev–Trinajstić information content (AvgIpc) is 3.05. The molecule has 2 N–H and O–H groups in total. The molecule has 0 spiro atoms. The lowest BCUT2D eigenvalue weighted by atomic mass is 9.96. The molecule has 0 bridgehead atoms. The van der Waals surface area contributed by atoms with Crippen LogP contribution in [0.15, 0.2) is 33.5 Å². The molecule has 2 aromatic rings. The van der Waals surface area contributed by atoms with Gasteiger partial charge in [0.05, 0.1) is 6.54 Å². The first-order valence-electron chi connectivity index (χ1n) is 9.32. The number of H-pyrrole nitrogens is 1. The van der Waals surface area contributed by atoms with Gasteiger partial charge in [0.1, 0.15) is 11.5 Å². The quantitative estimate of drug-likeness (QED) is 0.832. The van der Waals surface area contributed by atoms with Gasteiger partial charge in [-0.1, -0.05) is 6.92 Å². The van der Waals surface area contributed by atoms with Crippen LogP contribution in [0.3, 0.4) is 0 Å². The van der Waals surface area contributed by atoms with E-state index in [2.05, 4.69) is 15.2 Å². The average molecular weight is 357 g/mol. The maximum atomic E-state index is 12.3. The molecule has 0 saturated carbocycles. The minimum Gasteiger partial charge on any atom is -0.465 e. The van der Waals surface area contributed by atoms with Crippen LogP contribution in [0.25, 0.3) is 0 Å². The summed E-state index contributed by atoms with van der Waals surface area (Å²) in [6.07, 6.45) is 2.80. The number of aryl methyl sites for hydroxylation is 2. The summed E-state index contributed by atoms with van der Waals surface area (Å²) in [7, 11) is 0. The van der Waals surface area contributed by atoms with Crippen LogP contribution in [0, 0.1) is 12.8 Å². The number of amides is 1. The predicted molar refractivity (Wildman–Crippen MR) is 100 cm³/mol. The number of piperidine rings is 1. The summed E-state index contributed by atoms with van der Waals surface area (Å²) in [5, 5.41) is 2.99. The highest BCUT2D eigenvalue weighted by atomic mass is 16.3. The second-order valence-electron chi connectivity index (χ2n) is 7.05. The number of rotatable bonds is 6. The number of aromatic nitrogens is 1. The lowest BCUT2D eigenvalue weighted by molar-refractivity contribution is 0.0934. The largest absolute Gasteiger partial charge is 0.465 e. The van der Waals surface area contributed by atoms with Crippen LogP contribution >= 0.6 is 0 Å². The zero-order valence-corrected chi connectivity index (χ0v) is 15.5. The molecule has 0 aliphatic carbocycles. The molecule has 6 nitrogen and oxygen atoms in total. The third kappa shape index (κ3) is 4.85. The summed E-state index contributed by atoms with van der Waals surface area (Å²) in [4.78, 5) is 29.1. The summed E-state index contributed by atoms with van der Waals surface area (Å²) in [6.45, 7) is 7.42. The molecule has 6 heteroatoms. The van der Waals surface area contributed by atoms with Crippen molar-refractivity contribution in [3.8, 4) is 0 Å². The topological polar surface area (TPSA) is 78.3 Å². The maximum Gasteiger partial charge on any atom is 0.251 e. The van der Waals surface area contributed by atoms with E-state index in [1.54, 1.807) is 6.07 Å². The SMILES string of the molecule is CCc1cc(C(=O)NCC2CCN(Cc3ccc(C)o3)CC2)cc(=O)[nH]1. The monoisotopic (exact) mass is 357 g/mol. The second-order valence-corrected chi connectivity index (χ2v) is 7.05. The van der Waals surface area contributed by atoms with Crippen molar-refractivity contribution in [2.75, 3.05) is 19.6 Å². The fraction of sp³-hybridized carbons (Fsp3) is 0.500. The number of nitrogens with one attached hydrogen (secondary N) is 2. The number of pyridine rings is 1. The number of likely N-dealkylation sites (tertiary alicyclic amines) is 1. The van der Waals surface area contributed by atoms with E-state index < -0.39 is 0 Å². The molecule has 3 heterocycles. The molecule has 1 amide bonds. The Hall–Kier alpha value is -2.34. The highest BCUT2D eigenvalue weighted by molar-refractivity contribution is 5.94. The molecule has 0 unspecified atom stereocenters. The molecule has 3 rings (SSSR count). The van der Waals surface area contributed by atoms with Gasteiger partial charge >= 0.3 is 0 Å². The number of carbonyl (C=O) groups excluding carboxylic acids is 1. The lowest BCUT2D eigenvalue weighted by Gasteiger charge is -2.31. The third-order valence-corrected chi connectivity index (χ3v) is 4.98. The standard InChI is InChI=1S/C20H27N3O3/c1-3-17-10-16(11-19(24)22-17)20(25)21-12-15-6-8-23(9-7-15)13-18-5-4-14(2)26-18/h4-5,10-11,15H,3,6-9,12-13H2,1-2H3,(H,21,25)(H,22,24). The Balaban J connectivity index is 1.45. The van der Waals surface area contributed by atoms with Crippen molar-refractivity contribution in [2.24, 2.45) is 5.92 Å². The molecule has 1 aliphatic rings. The first-order valence-corrected chi connectivity index (χ1v) is 9.32. The van der Waals surface area contributed by atoms with Gasteiger partial charge in [-0.3, -0.25) is 14.5 Å². The van der Waals surface area contributed by atoms with Crippen LogP contribution in [0.2, 0.25) is 0 Å². The Morgan fingerprint density at radius 2 is 2.08 bits per heavy atom. The van der Waals surface area contributed by atoms with Gasteiger partial charge < -0.3 is 14.7 Å². The fourth-order valence-electron chi connectivity index (χ4n) is 3.40. The van der Waals surface area contributed by atoms with Crippen LogP contribution in [-0.4, -0.2) is 35.4 Å². The summed E-state index contributed by atoms with van der Waals surface area (Å²) in [6, 6.07) is 7.15. The molecule has 1 saturated heterocycles. The first-order chi connectivity index (χ1) is 12.5. The zero-order chi connectivity index (χ0) is 18.5. The Bertz CT molecular complexity index is 801. The molecule has 26 heavy (non-hydrogen) atoms. The van der Waals surface area contributed by atoms with E-state index in [-0.39, 0.29) is 11.5 Å². The number of carbonyl (C=O) groups is 1. The van der Waals surface area contributed by atoms with Crippen LogP contribution < -0.4 is 10.9 Å². The third-order valence-electron chi connectivity index (χ3n) is 4.98. The highest BCUT2D eigenvalue weighted by Crippen LogP contribution is 2.19. The van der Waals surface area contributed by atoms with Gasteiger partial charge in [0.15, 0.2) is 0 Å². The highest BCUT2D eigenvalue weighted by Gasteiger charge is 2.21. The molecule has 1 fully saturated rings. The molecule has 0 atom stereocenters. The molecule has 2 aromatic heterocycles. The lowest BCUT2D eigenvalue weighted by Crippen LogP contribution is -2.38. The summed E-state index contributed by atoms with van der Waals surface area (Å²) in [5.41, 5.74) is 0.997. The van der Waals surface area contributed by atoms with E-state index in [0.29, 0.717) is 24.4 Å². The Morgan fingerprint density at radius 3 is 2.73 bits per heavy atom. The maximum absolute atomic E-state index is 12.3. The number of aromatic amines is 1. The van der Waals surface area contributed by atoms with Gasteiger partial charge in [-0.2, -0.15) is 0 Å². The molecule has 140 valence electrons. The van der Waals surface area contributed by atoms with Crippen molar-refractivity contribution in [3.05, 3.63) is 57.4 Å². The van der Waals surface area contributed by atoms with E-state index in [9.17, 15) is 9.59 Å². The molecular formula is C20H27N3O3. The number of hydrogen-bond acceptors (Lipinski definition) is 4. The van der Waals surface area contributed by atoms with Gasteiger partial charge in [0.25, 0.3) is 5.91 Å². The summed E-state index contributed by atoms with van der Waals surface area (Å²) in [5.74, 6) is 2.26. The molecule has 1 aliphatic heterocycles. The smallest absolute Gasteiger partial charge is 0.251 e. The van der Waals surface area contributed by atoms with E-state index in [1.165, 1.54) is 6.07 Å². The van der Waals surface area contributed by atoms with Gasteiger partial charge in [-0.25, -0.2) is 0 Å². The first kappa shape index (κ1) is 18.5. The van der Waals surface area contributed by atoms with Crippen LogP contribution in [0.1, 0.15) is 47.3 Å². The van der Waals surface area contributed by atoms with Crippen LogP contribution in [0.5, 0.6) is 0 Å². The van der Waals surface area contributed by atoms with Crippen LogP contribution in [0.4, 0.5) is 0 Å². The van der Waals surface area contributed by atoms with Gasteiger partial charge in [0, 0.05) is 23.9 Å². The summed E-state index contributed by atoms with van der Waals surface area (Å²) < 4.78 is 5.64. The van der Waals surface area contributed by atoms with Crippen molar-refractivity contribution < 1.29 is 9.21 Å². The van der Waals surface area contributed by atoms with Crippen molar-refractivity contribution in [3.63, 3.8) is 0 Å².